The van der Waals surface area contributed by atoms with Gasteiger partial charge in [0.15, 0.2) is 17.3 Å². The van der Waals surface area contributed by atoms with Crippen LogP contribution in [0.1, 0.15) is 49.7 Å². The minimum Gasteiger partial charge on any atom is -0.294 e. The minimum atomic E-state index is -4.88. The van der Waals surface area contributed by atoms with Crippen LogP contribution in [0, 0.1) is 22.6 Å². The molecule has 4 rings (SSSR count). The molecule has 2 aliphatic rings. The van der Waals surface area contributed by atoms with Crippen molar-refractivity contribution < 1.29 is 27.2 Å². The van der Waals surface area contributed by atoms with E-state index >= 15 is 0 Å². The number of hydrogen-bond acceptors (Lipinski definition) is 3. The second-order valence-corrected chi connectivity index (χ2v) is 8.73. The number of halogens is 4. The molecule has 1 heterocycles. The van der Waals surface area contributed by atoms with Crippen molar-refractivity contribution in [3.8, 4) is 5.69 Å². The summed E-state index contributed by atoms with van der Waals surface area (Å²) >= 11 is 0. The Morgan fingerprint density at radius 1 is 1.20 bits per heavy atom. The average molecular weight is 420 g/mol. The zero-order valence-corrected chi connectivity index (χ0v) is 16.7. The molecule has 4 nitrogen and oxygen atoms in total. The van der Waals surface area contributed by atoms with Crippen molar-refractivity contribution in [2.24, 2.45) is 16.7 Å². The van der Waals surface area contributed by atoms with Gasteiger partial charge in [-0.25, -0.2) is 9.07 Å². The third-order valence-electron chi connectivity index (χ3n) is 7.03. The maximum Gasteiger partial charge on any atom is 0.434 e. The molecule has 2 atom stereocenters. The fraction of sp³-hybridized carbons (Fsp3) is 0.409. The summed E-state index contributed by atoms with van der Waals surface area (Å²) in [4.78, 5) is 25.8. The second-order valence-electron chi connectivity index (χ2n) is 8.73. The lowest BCUT2D eigenvalue weighted by Gasteiger charge is -2.31. The normalized spacial score (nSPS) is 26.6. The highest BCUT2D eigenvalue weighted by molar-refractivity contribution is 6.13. The first-order valence-corrected chi connectivity index (χ1v) is 9.60. The van der Waals surface area contributed by atoms with Crippen LogP contribution < -0.4 is 0 Å². The van der Waals surface area contributed by atoms with Crippen molar-refractivity contribution in [2.45, 2.75) is 39.8 Å². The lowest BCUT2D eigenvalue weighted by atomic mass is 9.70. The predicted molar refractivity (Wildman–Crippen MR) is 101 cm³/mol. The molecule has 0 amide bonds. The van der Waals surface area contributed by atoms with Crippen LogP contribution in [0.25, 0.3) is 5.69 Å². The zero-order chi connectivity index (χ0) is 22.1. The number of alkyl halides is 3. The summed E-state index contributed by atoms with van der Waals surface area (Å²) in [5.41, 5.74) is -2.60. The molecule has 0 aliphatic heterocycles. The number of ketones is 2. The highest BCUT2D eigenvalue weighted by Crippen LogP contribution is 2.65. The van der Waals surface area contributed by atoms with E-state index in [0.29, 0.717) is 16.7 Å². The Bertz CT molecular complexity index is 1080. The Morgan fingerprint density at radius 3 is 2.37 bits per heavy atom. The van der Waals surface area contributed by atoms with E-state index in [9.17, 15) is 27.2 Å². The minimum absolute atomic E-state index is 0.0277. The van der Waals surface area contributed by atoms with Crippen molar-refractivity contribution in [1.29, 1.82) is 0 Å². The number of benzene rings is 1. The van der Waals surface area contributed by atoms with Crippen LogP contribution in [0.3, 0.4) is 0 Å². The molecule has 8 heteroatoms. The number of carbonyl (C=O) groups excluding carboxylic acids is 2. The maximum atomic E-state index is 13.8. The number of aromatic nitrogens is 2. The number of nitrogens with zero attached hydrogens (tertiary/aromatic N) is 2. The lowest BCUT2D eigenvalue weighted by molar-refractivity contribution is -0.143. The molecule has 0 saturated heterocycles. The molecular weight excluding hydrogens is 400 g/mol. The van der Waals surface area contributed by atoms with E-state index in [2.05, 4.69) is 5.10 Å². The van der Waals surface area contributed by atoms with Gasteiger partial charge in [-0.3, -0.25) is 9.59 Å². The molecule has 0 unspecified atom stereocenters. The summed E-state index contributed by atoms with van der Waals surface area (Å²) in [5.74, 6) is -1.85. The van der Waals surface area contributed by atoms with Crippen LogP contribution in [0.5, 0.6) is 0 Å². The molecule has 1 aromatic carbocycles. The monoisotopic (exact) mass is 420 g/mol. The van der Waals surface area contributed by atoms with Gasteiger partial charge < -0.3 is 0 Å². The third-order valence-corrected chi connectivity index (χ3v) is 7.03. The largest absolute Gasteiger partial charge is 0.434 e. The van der Waals surface area contributed by atoms with E-state index in [1.807, 2.05) is 20.8 Å². The number of carbonyl (C=O) groups is 2. The van der Waals surface area contributed by atoms with E-state index in [1.165, 1.54) is 0 Å². The van der Waals surface area contributed by atoms with Gasteiger partial charge in [-0.2, -0.15) is 18.3 Å². The maximum absolute atomic E-state index is 13.8. The van der Waals surface area contributed by atoms with Gasteiger partial charge in [0.25, 0.3) is 0 Å². The third kappa shape index (κ3) is 2.76. The van der Waals surface area contributed by atoms with Gasteiger partial charge in [0.1, 0.15) is 5.82 Å². The van der Waals surface area contributed by atoms with Crippen LogP contribution in [0.15, 0.2) is 42.1 Å². The van der Waals surface area contributed by atoms with Gasteiger partial charge in [-0.05, 0) is 54.5 Å². The molecule has 30 heavy (non-hydrogen) atoms. The van der Waals surface area contributed by atoms with Crippen molar-refractivity contribution in [2.75, 3.05) is 0 Å². The van der Waals surface area contributed by atoms with Gasteiger partial charge in [-0.15, -0.1) is 0 Å². The second kappa shape index (κ2) is 6.36. The molecule has 2 aliphatic carbocycles. The fourth-order valence-electron chi connectivity index (χ4n) is 4.89. The number of Topliss-reactive ketones (excluding diaryl/α,β-unsaturated/α-hetero) is 1. The topological polar surface area (TPSA) is 52.0 Å². The smallest absolute Gasteiger partial charge is 0.294 e. The van der Waals surface area contributed by atoms with E-state index in [-0.39, 0.29) is 22.8 Å². The SMILES string of the molecule is CC1(C)[C@H]2CC[C@]1(C)C(=O)C2=CC(=O)c1cnn(-c2ccc(F)cc2)c1C(F)(F)F. The molecule has 2 saturated carbocycles. The highest BCUT2D eigenvalue weighted by atomic mass is 19.4. The molecule has 2 bridgehead atoms. The summed E-state index contributed by atoms with van der Waals surface area (Å²) in [5, 5.41) is 3.73. The first kappa shape index (κ1) is 20.5. The summed E-state index contributed by atoms with van der Waals surface area (Å²) in [6, 6.07) is 4.31. The van der Waals surface area contributed by atoms with Crippen molar-refractivity contribution >= 4 is 11.6 Å². The van der Waals surface area contributed by atoms with Crippen LogP contribution >= 0.6 is 0 Å². The van der Waals surface area contributed by atoms with E-state index in [4.69, 9.17) is 0 Å². The number of rotatable bonds is 3. The molecule has 2 aromatic rings. The summed E-state index contributed by atoms with van der Waals surface area (Å²) in [6.45, 7) is 5.78. The Hall–Kier alpha value is -2.77. The zero-order valence-electron chi connectivity index (χ0n) is 16.7. The van der Waals surface area contributed by atoms with Gasteiger partial charge in [0.05, 0.1) is 17.4 Å². The summed E-state index contributed by atoms with van der Waals surface area (Å²) in [6.07, 6.45) is -1.56. The Morgan fingerprint density at radius 2 is 1.83 bits per heavy atom. The number of allylic oxidation sites excluding steroid dienone is 2. The summed E-state index contributed by atoms with van der Waals surface area (Å²) < 4.78 is 55.2. The van der Waals surface area contributed by atoms with Crippen molar-refractivity contribution in [3.63, 3.8) is 0 Å². The molecule has 0 N–H and O–H groups in total. The molecule has 2 fully saturated rings. The van der Waals surface area contributed by atoms with E-state index in [1.54, 1.807) is 0 Å². The average Bonchev–Trinajstić information content (AvgIpc) is 3.24. The number of fused-ring (bicyclic) bond motifs is 2. The highest BCUT2D eigenvalue weighted by Gasteiger charge is 2.64. The Labute approximate surface area is 170 Å². The first-order valence-electron chi connectivity index (χ1n) is 9.60. The van der Waals surface area contributed by atoms with Gasteiger partial charge in [0, 0.05) is 11.0 Å². The molecule has 158 valence electrons. The molecule has 1 aromatic heterocycles. The fourth-order valence-corrected chi connectivity index (χ4v) is 4.89. The van der Waals surface area contributed by atoms with Crippen LogP contribution in [0.4, 0.5) is 17.6 Å². The van der Waals surface area contributed by atoms with Crippen LogP contribution in [-0.2, 0) is 11.0 Å². The van der Waals surface area contributed by atoms with Crippen LogP contribution in [-0.4, -0.2) is 21.3 Å². The van der Waals surface area contributed by atoms with Gasteiger partial charge >= 0.3 is 6.18 Å². The first-order chi connectivity index (χ1) is 13.9. The van der Waals surface area contributed by atoms with E-state index < -0.39 is 34.4 Å². The Kier molecular flexibility index (Phi) is 4.35. The molecular formula is C22H20F4N2O2. The van der Waals surface area contributed by atoms with Crippen LogP contribution in [0.2, 0.25) is 0 Å². The van der Waals surface area contributed by atoms with E-state index in [0.717, 1.165) is 43.0 Å². The Balaban J connectivity index is 1.79. The predicted octanol–water partition coefficient (Wildman–Crippen LogP) is 5.16. The summed E-state index contributed by atoms with van der Waals surface area (Å²) in [7, 11) is 0. The van der Waals surface area contributed by atoms with Crippen molar-refractivity contribution in [3.05, 3.63) is 59.2 Å². The quantitative estimate of drug-likeness (QED) is 0.391. The molecule has 0 radical (unpaired) electrons. The molecule has 0 spiro atoms. The van der Waals surface area contributed by atoms with Gasteiger partial charge in [0.2, 0.25) is 0 Å². The lowest BCUT2D eigenvalue weighted by Crippen LogP contribution is -2.32. The van der Waals surface area contributed by atoms with Gasteiger partial charge in [-0.1, -0.05) is 20.8 Å². The number of hydrogen-bond donors (Lipinski definition) is 0. The van der Waals surface area contributed by atoms with Crippen molar-refractivity contribution in [1.82, 2.24) is 9.78 Å². The standard InChI is InChI=1S/C22H20F4N2O2/c1-20(2)16-8-9-21(20,3)19(30)14(16)10-17(29)15-11-27-28(18(15)22(24,25)26)13-6-4-12(23)5-7-13/h4-7,10-11,16H,8-9H2,1-3H3/t16-,21+/m0/s1.